The molecule has 0 saturated heterocycles. The van der Waals surface area contributed by atoms with Crippen LogP contribution in [0.3, 0.4) is 0 Å². The first-order chi connectivity index (χ1) is 9.97. The normalized spacial score (nSPS) is 17.3. The van der Waals surface area contributed by atoms with Crippen molar-refractivity contribution >= 4 is 17.6 Å². The molecule has 5 heteroatoms. The number of rotatable bonds is 4. The molecule has 21 heavy (non-hydrogen) atoms. The lowest BCUT2D eigenvalue weighted by molar-refractivity contribution is -0.145. The van der Waals surface area contributed by atoms with Crippen molar-refractivity contribution in [2.24, 2.45) is 0 Å². The van der Waals surface area contributed by atoms with E-state index in [0.29, 0.717) is 34.9 Å². The van der Waals surface area contributed by atoms with Crippen LogP contribution in [0.25, 0.3) is 0 Å². The summed E-state index contributed by atoms with van der Waals surface area (Å²) >= 11 is 6.47. The SMILES string of the molecule is COc1cc(C)c(Cl)c(C2(C(=O)O)CCCCC2)c1OC. The number of aliphatic carboxylic acids is 1. The molecule has 0 bridgehead atoms. The minimum Gasteiger partial charge on any atom is -0.493 e. The van der Waals surface area contributed by atoms with E-state index in [0.717, 1.165) is 24.8 Å². The molecule has 0 aromatic heterocycles. The summed E-state index contributed by atoms with van der Waals surface area (Å²) in [7, 11) is 3.06. The lowest BCUT2D eigenvalue weighted by atomic mass is 9.68. The number of benzene rings is 1. The van der Waals surface area contributed by atoms with Gasteiger partial charge in [0.25, 0.3) is 0 Å². The molecule has 116 valence electrons. The highest BCUT2D eigenvalue weighted by Gasteiger charge is 2.46. The zero-order valence-corrected chi connectivity index (χ0v) is 13.4. The van der Waals surface area contributed by atoms with Crippen molar-refractivity contribution in [2.45, 2.75) is 44.4 Å². The van der Waals surface area contributed by atoms with E-state index >= 15 is 0 Å². The predicted molar refractivity (Wildman–Crippen MR) is 81.7 cm³/mol. The Morgan fingerprint density at radius 1 is 1.24 bits per heavy atom. The van der Waals surface area contributed by atoms with Crippen LogP contribution in [-0.2, 0) is 10.2 Å². The van der Waals surface area contributed by atoms with E-state index in [4.69, 9.17) is 21.1 Å². The maximum Gasteiger partial charge on any atom is 0.314 e. The Hall–Kier alpha value is -1.42. The molecule has 1 saturated carbocycles. The molecule has 1 N–H and O–H groups in total. The van der Waals surface area contributed by atoms with Crippen LogP contribution in [0.5, 0.6) is 11.5 Å². The molecule has 0 aliphatic heterocycles. The van der Waals surface area contributed by atoms with E-state index in [-0.39, 0.29) is 0 Å². The van der Waals surface area contributed by atoms with Gasteiger partial charge in [-0.2, -0.15) is 0 Å². The van der Waals surface area contributed by atoms with Gasteiger partial charge < -0.3 is 14.6 Å². The summed E-state index contributed by atoms with van der Waals surface area (Å²) in [6.07, 6.45) is 3.96. The number of carboxylic acid groups (broad SMARTS) is 1. The quantitative estimate of drug-likeness (QED) is 0.914. The number of aryl methyl sites for hydroxylation is 1. The van der Waals surface area contributed by atoms with Crippen LogP contribution < -0.4 is 9.47 Å². The largest absolute Gasteiger partial charge is 0.493 e. The summed E-state index contributed by atoms with van der Waals surface area (Å²) in [5.41, 5.74) is 0.381. The van der Waals surface area contributed by atoms with Gasteiger partial charge >= 0.3 is 5.97 Å². The Bertz CT molecular complexity index is 548. The Balaban J connectivity index is 2.75. The standard InChI is InChI=1S/C16H21ClO4/c1-10-9-11(20-2)14(21-3)12(13(10)17)16(15(18)19)7-5-4-6-8-16/h9H,4-8H2,1-3H3,(H,18,19). The second-order valence-electron chi connectivity index (χ2n) is 5.57. The third-order valence-corrected chi connectivity index (χ3v) is 4.87. The molecular formula is C16H21ClO4. The third kappa shape index (κ3) is 2.57. The van der Waals surface area contributed by atoms with Crippen molar-refractivity contribution in [2.75, 3.05) is 14.2 Å². The minimum absolute atomic E-state index is 0.442. The maximum absolute atomic E-state index is 12.1. The molecule has 1 aliphatic rings. The summed E-state index contributed by atoms with van der Waals surface area (Å²) in [4.78, 5) is 12.1. The molecule has 0 heterocycles. The van der Waals surface area contributed by atoms with Gasteiger partial charge in [-0.15, -0.1) is 0 Å². The zero-order chi connectivity index (χ0) is 15.6. The van der Waals surface area contributed by atoms with E-state index in [1.807, 2.05) is 6.92 Å². The fourth-order valence-electron chi connectivity index (χ4n) is 3.25. The monoisotopic (exact) mass is 312 g/mol. The smallest absolute Gasteiger partial charge is 0.314 e. The van der Waals surface area contributed by atoms with Gasteiger partial charge in [0.05, 0.1) is 24.7 Å². The molecule has 0 spiro atoms. The van der Waals surface area contributed by atoms with Crippen molar-refractivity contribution in [1.82, 2.24) is 0 Å². The highest BCUT2D eigenvalue weighted by molar-refractivity contribution is 6.33. The highest BCUT2D eigenvalue weighted by Crippen LogP contribution is 2.50. The zero-order valence-electron chi connectivity index (χ0n) is 12.7. The number of ether oxygens (including phenoxy) is 2. The fourth-order valence-corrected chi connectivity index (χ4v) is 3.57. The van der Waals surface area contributed by atoms with Gasteiger partial charge in [-0.25, -0.2) is 0 Å². The van der Waals surface area contributed by atoms with Gasteiger partial charge in [0.1, 0.15) is 0 Å². The van der Waals surface area contributed by atoms with Crippen LogP contribution in [0.1, 0.15) is 43.2 Å². The molecule has 1 aliphatic carbocycles. The molecule has 1 aromatic rings. The second-order valence-corrected chi connectivity index (χ2v) is 5.94. The Labute approximate surface area is 130 Å². The topological polar surface area (TPSA) is 55.8 Å². The Morgan fingerprint density at radius 2 is 1.86 bits per heavy atom. The van der Waals surface area contributed by atoms with E-state index in [1.54, 1.807) is 13.2 Å². The molecule has 1 aromatic carbocycles. The molecule has 0 atom stereocenters. The first-order valence-electron chi connectivity index (χ1n) is 7.13. The van der Waals surface area contributed by atoms with Crippen molar-refractivity contribution in [3.8, 4) is 11.5 Å². The van der Waals surface area contributed by atoms with Gasteiger partial charge in [-0.1, -0.05) is 30.9 Å². The number of methoxy groups -OCH3 is 2. The first-order valence-corrected chi connectivity index (χ1v) is 7.50. The molecule has 2 rings (SSSR count). The Morgan fingerprint density at radius 3 is 2.33 bits per heavy atom. The summed E-state index contributed by atoms with van der Waals surface area (Å²) in [6, 6.07) is 1.78. The predicted octanol–water partition coefficient (Wildman–Crippen LogP) is 3.95. The fraction of sp³-hybridized carbons (Fsp3) is 0.562. The average molecular weight is 313 g/mol. The summed E-state index contributed by atoms with van der Waals surface area (Å²) in [6.45, 7) is 1.85. The molecule has 1 fully saturated rings. The van der Waals surface area contributed by atoms with Crippen molar-refractivity contribution in [1.29, 1.82) is 0 Å². The number of hydrogen-bond acceptors (Lipinski definition) is 3. The van der Waals surface area contributed by atoms with Crippen molar-refractivity contribution in [3.05, 3.63) is 22.2 Å². The Kier molecular flexibility index (Phi) is 4.67. The molecule has 0 unspecified atom stereocenters. The van der Waals surface area contributed by atoms with Crippen LogP contribution in [0, 0.1) is 6.92 Å². The average Bonchev–Trinajstić information content (AvgIpc) is 2.49. The third-order valence-electron chi connectivity index (χ3n) is 4.38. The van der Waals surface area contributed by atoms with Gasteiger partial charge in [-0.05, 0) is 31.4 Å². The lowest BCUT2D eigenvalue weighted by Crippen LogP contribution is -2.38. The first kappa shape index (κ1) is 16.0. The molecular weight excluding hydrogens is 292 g/mol. The molecule has 0 amide bonds. The van der Waals surface area contributed by atoms with E-state index in [2.05, 4.69) is 0 Å². The molecule has 4 nitrogen and oxygen atoms in total. The number of carboxylic acids is 1. The summed E-state index contributed by atoms with van der Waals surface area (Å²) in [5.74, 6) is 0.132. The summed E-state index contributed by atoms with van der Waals surface area (Å²) < 4.78 is 10.8. The van der Waals surface area contributed by atoms with Crippen molar-refractivity contribution in [3.63, 3.8) is 0 Å². The second kappa shape index (κ2) is 6.14. The minimum atomic E-state index is -0.986. The number of carbonyl (C=O) groups is 1. The van der Waals surface area contributed by atoms with Crippen LogP contribution in [0.4, 0.5) is 0 Å². The van der Waals surface area contributed by atoms with E-state index < -0.39 is 11.4 Å². The van der Waals surface area contributed by atoms with Crippen LogP contribution in [-0.4, -0.2) is 25.3 Å². The van der Waals surface area contributed by atoms with E-state index in [9.17, 15) is 9.90 Å². The summed E-state index contributed by atoms with van der Waals surface area (Å²) in [5, 5.41) is 10.4. The van der Waals surface area contributed by atoms with Crippen LogP contribution >= 0.6 is 11.6 Å². The molecule has 0 radical (unpaired) electrons. The van der Waals surface area contributed by atoms with Gasteiger partial charge in [0.15, 0.2) is 11.5 Å². The van der Waals surface area contributed by atoms with Gasteiger partial charge in [0.2, 0.25) is 0 Å². The van der Waals surface area contributed by atoms with Gasteiger partial charge in [-0.3, -0.25) is 4.79 Å². The van der Waals surface area contributed by atoms with Crippen LogP contribution in [0.15, 0.2) is 6.07 Å². The van der Waals surface area contributed by atoms with E-state index in [1.165, 1.54) is 7.11 Å². The van der Waals surface area contributed by atoms with Crippen molar-refractivity contribution < 1.29 is 19.4 Å². The number of halogens is 1. The highest BCUT2D eigenvalue weighted by atomic mass is 35.5. The van der Waals surface area contributed by atoms with Crippen LogP contribution in [0.2, 0.25) is 5.02 Å². The number of hydrogen-bond donors (Lipinski definition) is 1. The lowest BCUT2D eigenvalue weighted by Gasteiger charge is -2.36. The van der Waals surface area contributed by atoms with Gasteiger partial charge in [0, 0.05) is 5.56 Å². The maximum atomic E-state index is 12.1.